The molecule has 1 aliphatic heterocycles. The summed E-state index contributed by atoms with van der Waals surface area (Å²) in [5.74, 6) is 0.289. The molecule has 1 fully saturated rings. The number of benzene rings is 1. The number of nitrogens with one attached hydrogen (secondary N) is 1. The van der Waals surface area contributed by atoms with Gasteiger partial charge >= 0.3 is 0 Å². The molecular weight excluding hydrogens is 356 g/mol. The molecule has 1 saturated heterocycles. The van der Waals surface area contributed by atoms with Crippen LogP contribution >= 0.6 is 0 Å². The predicted octanol–water partition coefficient (Wildman–Crippen LogP) is 2.38. The molecule has 1 N–H and O–H groups in total. The smallest absolute Gasteiger partial charge is 0.298 e. The lowest BCUT2D eigenvalue weighted by Gasteiger charge is -2.22. The Bertz CT molecular complexity index is 988. The van der Waals surface area contributed by atoms with Gasteiger partial charge < -0.3 is 13.8 Å². The molecule has 0 bridgehead atoms. The number of anilines is 1. The molecule has 26 heavy (non-hydrogen) atoms. The summed E-state index contributed by atoms with van der Waals surface area (Å²) in [4.78, 5) is 6.66. The fraction of sp³-hybridized carbons (Fsp3) is 0.412. The zero-order chi connectivity index (χ0) is 18.3. The molecule has 3 heterocycles. The molecule has 0 spiro atoms. The highest BCUT2D eigenvalue weighted by atomic mass is 32.2. The molecule has 1 unspecified atom stereocenters. The fourth-order valence-corrected chi connectivity index (χ4v) is 4.82. The monoisotopic (exact) mass is 376 g/mol. The Morgan fingerprint density at radius 2 is 2.12 bits per heavy atom. The van der Waals surface area contributed by atoms with Gasteiger partial charge in [0.1, 0.15) is 16.1 Å². The highest BCUT2D eigenvalue weighted by Gasteiger charge is 2.31. The first kappa shape index (κ1) is 17.0. The van der Waals surface area contributed by atoms with E-state index in [4.69, 9.17) is 8.94 Å². The molecule has 0 saturated carbocycles. The number of hydrogen-bond acceptors (Lipinski definition) is 7. The van der Waals surface area contributed by atoms with Gasteiger partial charge in [-0.25, -0.2) is 13.1 Å². The van der Waals surface area contributed by atoms with Crippen LogP contribution in [0.1, 0.15) is 24.3 Å². The van der Waals surface area contributed by atoms with Crippen molar-refractivity contribution in [3.8, 4) is 0 Å². The van der Waals surface area contributed by atoms with Gasteiger partial charge in [0.2, 0.25) is 10.0 Å². The highest BCUT2D eigenvalue weighted by molar-refractivity contribution is 7.89. The number of fused-ring (bicyclic) bond motifs is 1. The van der Waals surface area contributed by atoms with Gasteiger partial charge in [0.15, 0.2) is 11.3 Å². The Labute approximate surface area is 151 Å². The van der Waals surface area contributed by atoms with E-state index in [1.165, 1.54) is 0 Å². The first-order valence-electron chi connectivity index (χ1n) is 8.50. The average Bonchev–Trinajstić information content (AvgIpc) is 3.30. The van der Waals surface area contributed by atoms with Crippen LogP contribution in [0, 0.1) is 13.8 Å². The van der Waals surface area contributed by atoms with Crippen LogP contribution in [-0.4, -0.2) is 37.7 Å². The minimum absolute atomic E-state index is 0.0155. The van der Waals surface area contributed by atoms with Crippen molar-refractivity contribution in [1.82, 2.24) is 14.9 Å². The summed E-state index contributed by atoms with van der Waals surface area (Å²) < 4.78 is 38.7. The van der Waals surface area contributed by atoms with Crippen LogP contribution in [0.2, 0.25) is 0 Å². The molecule has 0 amide bonds. The Morgan fingerprint density at radius 3 is 2.85 bits per heavy atom. The minimum atomic E-state index is -3.68. The molecule has 138 valence electrons. The number of hydrogen-bond donors (Lipinski definition) is 1. The molecular formula is C17H20N4O4S. The number of oxazole rings is 1. The van der Waals surface area contributed by atoms with E-state index in [0.29, 0.717) is 11.7 Å². The number of aryl methyl sites for hydroxylation is 2. The van der Waals surface area contributed by atoms with Crippen molar-refractivity contribution in [2.24, 2.45) is 0 Å². The molecule has 4 rings (SSSR count). The van der Waals surface area contributed by atoms with Crippen LogP contribution in [0.15, 0.2) is 38.1 Å². The zero-order valence-electron chi connectivity index (χ0n) is 14.6. The van der Waals surface area contributed by atoms with Crippen molar-refractivity contribution in [3.63, 3.8) is 0 Å². The van der Waals surface area contributed by atoms with E-state index in [2.05, 4.69) is 14.9 Å². The third kappa shape index (κ3) is 2.97. The second-order valence-electron chi connectivity index (χ2n) is 6.46. The van der Waals surface area contributed by atoms with E-state index in [-0.39, 0.29) is 23.2 Å². The molecule has 1 aromatic carbocycles. The van der Waals surface area contributed by atoms with Crippen LogP contribution in [0.25, 0.3) is 11.1 Å². The van der Waals surface area contributed by atoms with Gasteiger partial charge in [0.05, 0.1) is 0 Å². The van der Waals surface area contributed by atoms with Gasteiger partial charge in [-0.2, -0.15) is 4.98 Å². The van der Waals surface area contributed by atoms with Gasteiger partial charge in [-0.15, -0.1) is 0 Å². The van der Waals surface area contributed by atoms with Gasteiger partial charge in [-0.05, 0) is 38.8 Å². The number of rotatable bonds is 5. The Kier molecular flexibility index (Phi) is 4.20. The summed E-state index contributed by atoms with van der Waals surface area (Å²) in [6, 6.07) is 8.10. The maximum atomic E-state index is 12.6. The summed E-state index contributed by atoms with van der Waals surface area (Å²) in [6.07, 6.45) is 1.82. The second kappa shape index (κ2) is 6.40. The maximum absolute atomic E-state index is 12.6. The second-order valence-corrected chi connectivity index (χ2v) is 8.16. The first-order valence-corrected chi connectivity index (χ1v) is 9.99. The van der Waals surface area contributed by atoms with Crippen molar-refractivity contribution in [3.05, 3.63) is 35.7 Å². The van der Waals surface area contributed by atoms with E-state index in [1.54, 1.807) is 13.8 Å². The molecule has 2 aromatic heterocycles. The minimum Gasteiger partial charge on any atom is -0.423 e. The summed E-state index contributed by atoms with van der Waals surface area (Å²) in [7, 11) is -3.68. The maximum Gasteiger partial charge on any atom is 0.298 e. The molecule has 0 radical (unpaired) electrons. The van der Waals surface area contributed by atoms with Crippen LogP contribution in [0.5, 0.6) is 0 Å². The summed E-state index contributed by atoms with van der Waals surface area (Å²) in [5.41, 5.74) is 1.88. The van der Waals surface area contributed by atoms with Gasteiger partial charge in [0, 0.05) is 19.1 Å². The summed E-state index contributed by atoms with van der Waals surface area (Å²) in [5, 5.41) is 3.72. The SMILES string of the molecule is Cc1noc(C)c1S(=O)(=O)NCC1CCCN1c1nc2ccccc2o1. The van der Waals surface area contributed by atoms with E-state index in [1.807, 2.05) is 29.2 Å². The summed E-state index contributed by atoms with van der Waals surface area (Å²) >= 11 is 0. The fourth-order valence-electron chi connectivity index (χ4n) is 3.42. The highest BCUT2D eigenvalue weighted by Crippen LogP contribution is 2.28. The van der Waals surface area contributed by atoms with E-state index in [9.17, 15) is 8.42 Å². The normalized spacial score (nSPS) is 18.1. The van der Waals surface area contributed by atoms with E-state index in [0.717, 1.165) is 30.5 Å². The lowest BCUT2D eigenvalue weighted by Crippen LogP contribution is -2.40. The predicted molar refractivity (Wildman–Crippen MR) is 95.5 cm³/mol. The molecule has 3 aromatic rings. The number of sulfonamides is 1. The van der Waals surface area contributed by atoms with Crippen LogP contribution < -0.4 is 9.62 Å². The topological polar surface area (TPSA) is 101 Å². The molecule has 9 heteroatoms. The molecule has 1 atom stereocenters. The third-order valence-electron chi connectivity index (χ3n) is 4.65. The lowest BCUT2D eigenvalue weighted by molar-refractivity contribution is 0.390. The van der Waals surface area contributed by atoms with Crippen molar-refractivity contribution in [2.75, 3.05) is 18.0 Å². The Balaban J connectivity index is 1.52. The largest absolute Gasteiger partial charge is 0.423 e. The van der Waals surface area contributed by atoms with E-state index >= 15 is 0 Å². The van der Waals surface area contributed by atoms with E-state index < -0.39 is 10.0 Å². The molecule has 8 nitrogen and oxygen atoms in total. The van der Waals surface area contributed by atoms with Crippen LogP contribution in [-0.2, 0) is 10.0 Å². The first-order chi connectivity index (χ1) is 12.5. The zero-order valence-corrected chi connectivity index (χ0v) is 15.4. The molecule has 0 aliphatic carbocycles. The third-order valence-corrected chi connectivity index (χ3v) is 6.32. The van der Waals surface area contributed by atoms with Crippen LogP contribution in [0.3, 0.4) is 0 Å². The van der Waals surface area contributed by atoms with Crippen LogP contribution in [0.4, 0.5) is 6.01 Å². The number of para-hydroxylation sites is 2. The quantitative estimate of drug-likeness (QED) is 0.729. The average molecular weight is 376 g/mol. The number of aromatic nitrogens is 2. The lowest BCUT2D eigenvalue weighted by atomic mass is 10.2. The van der Waals surface area contributed by atoms with Crippen molar-refractivity contribution >= 4 is 27.1 Å². The van der Waals surface area contributed by atoms with Gasteiger partial charge in [0.25, 0.3) is 6.01 Å². The molecule has 1 aliphatic rings. The van der Waals surface area contributed by atoms with Crippen molar-refractivity contribution < 1.29 is 17.4 Å². The Morgan fingerprint density at radius 1 is 1.31 bits per heavy atom. The number of nitrogens with zero attached hydrogens (tertiary/aromatic N) is 3. The van der Waals surface area contributed by atoms with Crippen molar-refractivity contribution in [2.45, 2.75) is 37.6 Å². The van der Waals surface area contributed by atoms with Gasteiger partial charge in [-0.1, -0.05) is 17.3 Å². The summed E-state index contributed by atoms with van der Waals surface area (Å²) in [6.45, 7) is 4.26. The Hall–Kier alpha value is -2.39. The standard InChI is InChI=1S/C17H20N4O4S/c1-11-16(12(2)25-20-11)26(22,23)18-10-13-6-5-9-21(13)17-19-14-7-3-4-8-15(14)24-17/h3-4,7-8,13,18H,5-6,9-10H2,1-2H3. The van der Waals surface area contributed by atoms with Crippen molar-refractivity contribution in [1.29, 1.82) is 0 Å². The van der Waals surface area contributed by atoms with Gasteiger partial charge in [-0.3, -0.25) is 0 Å².